The molecule has 96 valence electrons. The Morgan fingerprint density at radius 1 is 1.33 bits per heavy atom. The third kappa shape index (κ3) is 2.90. The van der Waals surface area contributed by atoms with Crippen LogP contribution in [0, 0.1) is 6.92 Å². The van der Waals surface area contributed by atoms with Gasteiger partial charge in [0.15, 0.2) is 0 Å². The molecular weight excluding hydrogens is 226 g/mol. The molecule has 18 heavy (non-hydrogen) atoms. The molecule has 0 fully saturated rings. The fraction of sp³-hybridized carbons (Fsp3) is 0.357. The Labute approximate surface area is 107 Å². The molecule has 1 aromatic carbocycles. The Bertz CT molecular complexity index is 490. The van der Waals surface area contributed by atoms with Gasteiger partial charge in [0.2, 0.25) is 0 Å². The van der Waals surface area contributed by atoms with Gasteiger partial charge in [0, 0.05) is 23.8 Å². The topological polar surface area (TPSA) is 49.9 Å². The lowest BCUT2D eigenvalue weighted by Gasteiger charge is -2.13. The second-order valence-corrected chi connectivity index (χ2v) is 4.40. The first-order valence-corrected chi connectivity index (χ1v) is 6.07. The molecule has 2 aromatic rings. The highest BCUT2D eigenvalue weighted by Gasteiger charge is 2.09. The predicted molar refractivity (Wildman–Crippen MR) is 71.6 cm³/mol. The van der Waals surface area contributed by atoms with E-state index in [0.29, 0.717) is 0 Å². The average Bonchev–Trinajstić information content (AvgIpc) is 2.83. The number of nitrogens with one attached hydrogen (secondary N) is 2. The fourth-order valence-corrected chi connectivity index (χ4v) is 1.92. The Morgan fingerprint density at radius 3 is 2.61 bits per heavy atom. The number of H-pyrrole nitrogens is 1. The van der Waals surface area contributed by atoms with E-state index in [9.17, 15) is 0 Å². The van der Waals surface area contributed by atoms with Crippen molar-refractivity contribution in [3.05, 3.63) is 47.3 Å². The SMILES string of the molecule is COc1ccc(CNC(C)c2cn[nH]c2C)cc1. The summed E-state index contributed by atoms with van der Waals surface area (Å²) in [5.41, 5.74) is 3.57. The van der Waals surface area contributed by atoms with Gasteiger partial charge in [0.1, 0.15) is 5.75 Å². The van der Waals surface area contributed by atoms with Crippen LogP contribution in [0.4, 0.5) is 0 Å². The van der Waals surface area contributed by atoms with Crippen molar-refractivity contribution < 1.29 is 4.74 Å². The molecule has 0 saturated carbocycles. The monoisotopic (exact) mass is 245 g/mol. The van der Waals surface area contributed by atoms with Crippen molar-refractivity contribution in [1.82, 2.24) is 15.5 Å². The number of methoxy groups -OCH3 is 1. The van der Waals surface area contributed by atoms with Gasteiger partial charge in [-0.2, -0.15) is 5.10 Å². The average molecular weight is 245 g/mol. The van der Waals surface area contributed by atoms with Crippen molar-refractivity contribution in [3.8, 4) is 5.75 Å². The second kappa shape index (κ2) is 5.69. The zero-order chi connectivity index (χ0) is 13.0. The smallest absolute Gasteiger partial charge is 0.118 e. The molecule has 1 heterocycles. The summed E-state index contributed by atoms with van der Waals surface area (Å²) in [6, 6.07) is 8.38. The largest absolute Gasteiger partial charge is 0.497 e. The van der Waals surface area contributed by atoms with Crippen LogP contribution < -0.4 is 10.1 Å². The summed E-state index contributed by atoms with van der Waals surface area (Å²) < 4.78 is 5.14. The number of aromatic nitrogens is 2. The molecule has 0 aliphatic rings. The maximum Gasteiger partial charge on any atom is 0.118 e. The van der Waals surface area contributed by atoms with Crippen molar-refractivity contribution in [2.45, 2.75) is 26.4 Å². The van der Waals surface area contributed by atoms with Crippen LogP contribution in [0.3, 0.4) is 0 Å². The van der Waals surface area contributed by atoms with Crippen LogP contribution in [0.1, 0.15) is 29.8 Å². The van der Waals surface area contributed by atoms with Crippen molar-refractivity contribution in [1.29, 1.82) is 0 Å². The van der Waals surface area contributed by atoms with Gasteiger partial charge in [-0.15, -0.1) is 0 Å². The summed E-state index contributed by atoms with van der Waals surface area (Å²) in [7, 11) is 1.68. The number of ether oxygens (including phenoxy) is 1. The lowest BCUT2D eigenvalue weighted by Crippen LogP contribution is -2.18. The minimum Gasteiger partial charge on any atom is -0.497 e. The van der Waals surface area contributed by atoms with E-state index in [-0.39, 0.29) is 6.04 Å². The summed E-state index contributed by atoms with van der Waals surface area (Å²) in [5.74, 6) is 0.887. The summed E-state index contributed by atoms with van der Waals surface area (Å²) in [6.45, 7) is 5.01. The highest BCUT2D eigenvalue weighted by Crippen LogP contribution is 2.16. The molecule has 0 spiro atoms. The van der Waals surface area contributed by atoms with E-state index in [4.69, 9.17) is 4.74 Å². The van der Waals surface area contributed by atoms with Crippen LogP contribution >= 0.6 is 0 Å². The van der Waals surface area contributed by atoms with Crippen LogP contribution in [0.25, 0.3) is 0 Å². The predicted octanol–water partition coefficient (Wildman–Crippen LogP) is 2.58. The van der Waals surface area contributed by atoms with Gasteiger partial charge in [-0.05, 0) is 31.5 Å². The molecule has 1 unspecified atom stereocenters. The molecule has 0 aliphatic heterocycles. The normalized spacial score (nSPS) is 12.4. The van der Waals surface area contributed by atoms with Crippen molar-refractivity contribution >= 4 is 0 Å². The molecule has 0 aliphatic carbocycles. The second-order valence-electron chi connectivity index (χ2n) is 4.40. The number of hydrogen-bond donors (Lipinski definition) is 2. The summed E-state index contributed by atoms with van der Waals surface area (Å²) >= 11 is 0. The molecule has 1 aromatic heterocycles. The van der Waals surface area contributed by atoms with Gasteiger partial charge in [-0.25, -0.2) is 0 Å². The standard InChI is InChI=1S/C14H19N3O/c1-10(14-9-16-17-11(14)2)15-8-12-4-6-13(18-3)7-5-12/h4-7,9-10,15H,8H2,1-3H3,(H,16,17). The Morgan fingerprint density at radius 2 is 2.06 bits per heavy atom. The number of rotatable bonds is 5. The third-order valence-corrected chi connectivity index (χ3v) is 3.11. The first kappa shape index (κ1) is 12.6. The Hall–Kier alpha value is -1.81. The van der Waals surface area contributed by atoms with Gasteiger partial charge >= 0.3 is 0 Å². The molecule has 0 radical (unpaired) electrons. The maximum absolute atomic E-state index is 5.14. The Balaban J connectivity index is 1.93. The van der Waals surface area contributed by atoms with E-state index in [2.05, 4.69) is 34.6 Å². The van der Waals surface area contributed by atoms with Gasteiger partial charge in [0.05, 0.1) is 13.3 Å². The first-order chi connectivity index (χ1) is 8.70. The minimum atomic E-state index is 0.283. The van der Waals surface area contributed by atoms with Crippen LogP contribution in [0.5, 0.6) is 5.75 Å². The van der Waals surface area contributed by atoms with E-state index >= 15 is 0 Å². The molecule has 4 heteroatoms. The molecule has 0 saturated heterocycles. The highest BCUT2D eigenvalue weighted by atomic mass is 16.5. The van der Waals surface area contributed by atoms with Crippen molar-refractivity contribution in [3.63, 3.8) is 0 Å². The fourth-order valence-electron chi connectivity index (χ4n) is 1.92. The van der Waals surface area contributed by atoms with Gasteiger partial charge in [-0.3, -0.25) is 5.10 Å². The number of benzene rings is 1. The maximum atomic E-state index is 5.14. The van der Waals surface area contributed by atoms with Gasteiger partial charge < -0.3 is 10.1 Å². The van der Waals surface area contributed by atoms with Crippen molar-refractivity contribution in [2.75, 3.05) is 7.11 Å². The van der Waals surface area contributed by atoms with Crippen LogP contribution in [0.15, 0.2) is 30.5 Å². The summed E-state index contributed by atoms with van der Waals surface area (Å²) in [6.07, 6.45) is 1.88. The lowest BCUT2D eigenvalue weighted by molar-refractivity contribution is 0.414. The third-order valence-electron chi connectivity index (χ3n) is 3.11. The molecule has 2 rings (SSSR count). The zero-order valence-corrected chi connectivity index (χ0v) is 11.0. The zero-order valence-electron chi connectivity index (χ0n) is 11.0. The summed E-state index contributed by atoms with van der Waals surface area (Å²) in [4.78, 5) is 0. The van der Waals surface area contributed by atoms with Gasteiger partial charge in [-0.1, -0.05) is 12.1 Å². The van der Waals surface area contributed by atoms with E-state index in [1.165, 1.54) is 11.1 Å². The molecule has 0 amide bonds. The van der Waals surface area contributed by atoms with E-state index < -0.39 is 0 Å². The molecule has 0 bridgehead atoms. The Kier molecular flexibility index (Phi) is 3.99. The minimum absolute atomic E-state index is 0.283. The number of hydrogen-bond acceptors (Lipinski definition) is 3. The quantitative estimate of drug-likeness (QED) is 0.851. The van der Waals surface area contributed by atoms with Crippen LogP contribution in [-0.4, -0.2) is 17.3 Å². The number of aromatic amines is 1. The molecule has 1 atom stereocenters. The summed E-state index contributed by atoms with van der Waals surface area (Å²) in [5, 5.41) is 10.5. The van der Waals surface area contributed by atoms with Crippen LogP contribution in [-0.2, 0) is 6.54 Å². The first-order valence-electron chi connectivity index (χ1n) is 6.07. The van der Waals surface area contributed by atoms with E-state index in [0.717, 1.165) is 18.0 Å². The molecular formula is C14H19N3O. The molecule has 4 nitrogen and oxygen atoms in total. The highest BCUT2D eigenvalue weighted by molar-refractivity contribution is 5.27. The number of nitrogens with zero attached hydrogens (tertiary/aromatic N) is 1. The van der Waals surface area contributed by atoms with E-state index in [1.54, 1.807) is 7.11 Å². The lowest BCUT2D eigenvalue weighted by atomic mass is 10.1. The number of aryl methyl sites for hydroxylation is 1. The molecule has 2 N–H and O–H groups in total. The van der Waals surface area contributed by atoms with Gasteiger partial charge in [0.25, 0.3) is 0 Å². The van der Waals surface area contributed by atoms with E-state index in [1.807, 2.05) is 25.3 Å². The van der Waals surface area contributed by atoms with Crippen LogP contribution in [0.2, 0.25) is 0 Å². The van der Waals surface area contributed by atoms with Crippen molar-refractivity contribution in [2.24, 2.45) is 0 Å².